The van der Waals surface area contributed by atoms with Crippen LogP contribution in [0.5, 0.6) is 0 Å². The van der Waals surface area contributed by atoms with Gasteiger partial charge >= 0.3 is 5.76 Å². The van der Waals surface area contributed by atoms with Crippen molar-refractivity contribution in [2.45, 2.75) is 25.6 Å². The minimum Gasteiger partial charge on any atom is -0.408 e. The molecule has 0 bridgehead atoms. The number of amides is 2. The van der Waals surface area contributed by atoms with Crippen LogP contribution in [0.4, 0.5) is 0 Å². The SMILES string of the molecule is O=C(CCn1c(=O)oc2ccccc21)N1CC(=O)N(Cc2ccccc2)CC(O)C1. The van der Waals surface area contributed by atoms with E-state index >= 15 is 0 Å². The summed E-state index contributed by atoms with van der Waals surface area (Å²) in [5, 5.41) is 10.4. The van der Waals surface area contributed by atoms with Gasteiger partial charge in [0.05, 0.1) is 18.2 Å². The van der Waals surface area contributed by atoms with Gasteiger partial charge in [0, 0.05) is 32.6 Å². The lowest BCUT2D eigenvalue weighted by molar-refractivity contribution is -0.139. The standard InChI is InChI=1S/C22H23N3O5/c26-17-13-23(12-16-6-2-1-3-7-16)21(28)15-24(14-17)20(27)10-11-25-18-8-4-5-9-19(18)30-22(25)29/h1-9,17,26H,10-15H2. The third-order valence-corrected chi connectivity index (χ3v) is 5.23. The van der Waals surface area contributed by atoms with E-state index < -0.39 is 11.9 Å². The van der Waals surface area contributed by atoms with Crippen molar-refractivity contribution < 1.29 is 19.1 Å². The quantitative estimate of drug-likeness (QED) is 0.684. The van der Waals surface area contributed by atoms with Gasteiger partial charge in [-0.1, -0.05) is 42.5 Å². The molecular weight excluding hydrogens is 386 g/mol. The van der Waals surface area contributed by atoms with E-state index in [1.165, 1.54) is 9.47 Å². The number of fused-ring (bicyclic) bond motifs is 1. The molecular formula is C22H23N3O5. The van der Waals surface area contributed by atoms with Gasteiger partial charge in [-0.2, -0.15) is 0 Å². The van der Waals surface area contributed by atoms with E-state index in [0.29, 0.717) is 17.6 Å². The minimum atomic E-state index is -0.832. The van der Waals surface area contributed by atoms with E-state index in [1.807, 2.05) is 30.3 Å². The highest BCUT2D eigenvalue weighted by Gasteiger charge is 2.29. The van der Waals surface area contributed by atoms with Gasteiger partial charge < -0.3 is 19.3 Å². The van der Waals surface area contributed by atoms with Crippen LogP contribution in [0.1, 0.15) is 12.0 Å². The summed E-state index contributed by atoms with van der Waals surface area (Å²) in [6, 6.07) is 16.5. The average molecular weight is 409 g/mol. The van der Waals surface area contributed by atoms with E-state index in [0.717, 1.165) is 5.56 Å². The van der Waals surface area contributed by atoms with Crippen molar-refractivity contribution in [1.29, 1.82) is 0 Å². The third kappa shape index (κ3) is 4.28. The number of hydrogen-bond donors (Lipinski definition) is 1. The second-order valence-electron chi connectivity index (χ2n) is 7.43. The number of aromatic nitrogens is 1. The molecule has 156 valence electrons. The molecule has 2 amide bonds. The maximum atomic E-state index is 12.7. The van der Waals surface area contributed by atoms with Crippen LogP contribution >= 0.6 is 0 Å². The molecule has 30 heavy (non-hydrogen) atoms. The van der Waals surface area contributed by atoms with Gasteiger partial charge in [-0.3, -0.25) is 14.2 Å². The van der Waals surface area contributed by atoms with Gasteiger partial charge in [0.1, 0.15) is 0 Å². The highest BCUT2D eigenvalue weighted by Crippen LogP contribution is 2.14. The summed E-state index contributed by atoms with van der Waals surface area (Å²) in [6.45, 7) is 0.683. The van der Waals surface area contributed by atoms with E-state index in [9.17, 15) is 19.5 Å². The van der Waals surface area contributed by atoms with Gasteiger partial charge in [-0.05, 0) is 17.7 Å². The molecule has 1 saturated heterocycles. The number of rotatable bonds is 5. The number of aryl methyl sites for hydroxylation is 1. The van der Waals surface area contributed by atoms with E-state index in [-0.39, 0.29) is 44.4 Å². The molecule has 1 N–H and O–H groups in total. The molecule has 1 fully saturated rings. The van der Waals surface area contributed by atoms with Crippen LogP contribution in [0.15, 0.2) is 63.8 Å². The van der Waals surface area contributed by atoms with Crippen molar-refractivity contribution in [2.75, 3.05) is 19.6 Å². The summed E-state index contributed by atoms with van der Waals surface area (Å²) in [4.78, 5) is 40.5. The van der Waals surface area contributed by atoms with Crippen molar-refractivity contribution in [1.82, 2.24) is 14.4 Å². The van der Waals surface area contributed by atoms with Crippen LogP contribution in [0.3, 0.4) is 0 Å². The minimum absolute atomic E-state index is 0.0299. The Hall–Kier alpha value is -3.39. The topological polar surface area (TPSA) is 96.0 Å². The summed E-state index contributed by atoms with van der Waals surface area (Å²) >= 11 is 0. The van der Waals surface area contributed by atoms with Gasteiger partial charge in [-0.15, -0.1) is 0 Å². The normalized spacial score (nSPS) is 17.4. The largest absolute Gasteiger partial charge is 0.419 e. The molecule has 2 heterocycles. The second-order valence-corrected chi connectivity index (χ2v) is 7.43. The lowest BCUT2D eigenvalue weighted by Crippen LogP contribution is -2.39. The molecule has 8 nitrogen and oxygen atoms in total. The Kier molecular flexibility index (Phi) is 5.67. The molecule has 1 aliphatic heterocycles. The first kappa shape index (κ1) is 19.9. The smallest absolute Gasteiger partial charge is 0.408 e. The lowest BCUT2D eigenvalue weighted by atomic mass is 10.2. The predicted octanol–water partition coefficient (Wildman–Crippen LogP) is 1.22. The van der Waals surface area contributed by atoms with Crippen molar-refractivity contribution in [3.63, 3.8) is 0 Å². The van der Waals surface area contributed by atoms with Crippen LogP contribution in [0.2, 0.25) is 0 Å². The number of nitrogens with zero attached hydrogens (tertiary/aromatic N) is 3. The maximum absolute atomic E-state index is 12.7. The summed E-state index contributed by atoms with van der Waals surface area (Å²) < 4.78 is 6.59. The Labute approximate surface area is 172 Å². The number of carbonyl (C=O) groups excluding carboxylic acids is 2. The fraction of sp³-hybridized carbons (Fsp3) is 0.318. The summed E-state index contributed by atoms with van der Waals surface area (Å²) in [7, 11) is 0. The first-order chi connectivity index (χ1) is 14.5. The number of aliphatic hydroxyl groups excluding tert-OH is 1. The number of aliphatic hydroxyl groups is 1. The average Bonchev–Trinajstić information content (AvgIpc) is 2.98. The van der Waals surface area contributed by atoms with Crippen LogP contribution in [-0.4, -0.2) is 57.0 Å². The summed E-state index contributed by atoms with van der Waals surface area (Å²) in [6.07, 6.45) is -0.802. The fourth-order valence-electron chi connectivity index (χ4n) is 3.73. The molecule has 4 rings (SSSR count). The number of benzene rings is 2. The Morgan fingerprint density at radius 3 is 2.57 bits per heavy atom. The Morgan fingerprint density at radius 1 is 1.03 bits per heavy atom. The molecule has 2 aromatic carbocycles. The highest BCUT2D eigenvalue weighted by molar-refractivity contribution is 5.85. The number of hydrogen-bond acceptors (Lipinski definition) is 5. The maximum Gasteiger partial charge on any atom is 0.419 e. The lowest BCUT2D eigenvalue weighted by Gasteiger charge is -2.22. The molecule has 0 saturated carbocycles. The van der Waals surface area contributed by atoms with E-state index in [4.69, 9.17) is 4.42 Å². The number of para-hydroxylation sites is 2. The van der Waals surface area contributed by atoms with Gasteiger partial charge in [0.25, 0.3) is 0 Å². The third-order valence-electron chi connectivity index (χ3n) is 5.23. The fourth-order valence-corrected chi connectivity index (χ4v) is 3.73. The molecule has 0 spiro atoms. The summed E-state index contributed by atoms with van der Waals surface area (Å²) in [5.74, 6) is -1.03. The Morgan fingerprint density at radius 2 is 1.77 bits per heavy atom. The molecule has 0 aliphatic carbocycles. The highest BCUT2D eigenvalue weighted by atomic mass is 16.4. The predicted molar refractivity (Wildman–Crippen MR) is 110 cm³/mol. The Bertz CT molecular complexity index is 1100. The monoisotopic (exact) mass is 409 g/mol. The first-order valence-corrected chi connectivity index (χ1v) is 9.87. The Balaban J connectivity index is 1.42. The zero-order valence-electron chi connectivity index (χ0n) is 16.4. The van der Waals surface area contributed by atoms with Gasteiger partial charge in [0.2, 0.25) is 11.8 Å². The van der Waals surface area contributed by atoms with Crippen LogP contribution in [0, 0.1) is 0 Å². The number of oxazole rings is 1. The molecule has 3 aromatic rings. The zero-order valence-corrected chi connectivity index (χ0v) is 16.4. The van der Waals surface area contributed by atoms with Crippen molar-refractivity contribution in [3.05, 3.63) is 70.7 Å². The van der Waals surface area contributed by atoms with Crippen LogP contribution in [0.25, 0.3) is 11.1 Å². The summed E-state index contributed by atoms with van der Waals surface area (Å²) in [5.41, 5.74) is 2.05. The molecule has 0 radical (unpaired) electrons. The molecule has 1 aromatic heterocycles. The van der Waals surface area contributed by atoms with Crippen LogP contribution in [-0.2, 0) is 22.7 Å². The number of β-amino-alcohol motifs (C(OH)–C–C–N with tert-alkyl or cyclic N) is 1. The van der Waals surface area contributed by atoms with Gasteiger partial charge in [0.15, 0.2) is 5.58 Å². The molecule has 8 heteroatoms. The second kappa shape index (κ2) is 8.54. The van der Waals surface area contributed by atoms with Crippen molar-refractivity contribution in [2.24, 2.45) is 0 Å². The van der Waals surface area contributed by atoms with Crippen LogP contribution < -0.4 is 5.76 Å². The van der Waals surface area contributed by atoms with Crippen molar-refractivity contribution in [3.8, 4) is 0 Å². The molecule has 1 atom stereocenters. The first-order valence-electron chi connectivity index (χ1n) is 9.87. The van der Waals surface area contributed by atoms with E-state index in [2.05, 4.69) is 0 Å². The van der Waals surface area contributed by atoms with E-state index in [1.54, 1.807) is 29.2 Å². The number of carbonyl (C=O) groups is 2. The molecule has 1 aliphatic rings. The molecule has 1 unspecified atom stereocenters. The van der Waals surface area contributed by atoms with Crippen molar-refractivity contribution >= 4 is 22.9 Å². The van der Waals surface area contributed by atoms with Gasteiger partial charge in [-0.25, -0.2) is 4.79 Å². The zero-order chi connectivity index (χ0) is 21.1.